The van der Waals surface area contributed by atoms with Gasteiger partial charge in [-0.2, -0.15) is 5.10 Å². The minimum atomic E-state index is 0.678. The summed E-state index contributed by atoms with van der Waals surface area (Å²) in [5.74, 6) is 0.730. The standard InChI is InChI=1S/C34H36N6S/c1-5-24(17-26(6-2)37-21(3)16-23-10-8-7-9-11-23)25-18-28-32(39-40-34(28)36-20-25)30-19-27-29(38-30)14-15-35-33(27)31-13-12-22(4)41-31/h5-6,12-15,17-20,23,37-38H,2-3,7-11,16H2,1,4H3,(H,36,39,40)/b24-5+,26-17+. The molecule has 5 aromatic rings. The zero-order chi connectivity index (χ0) is 28.3. The fourth-order valence-electron chi connectivity index (χ4n) is 5.85. The van der Waals surface area contributed by atoms with Crippen LogP contribution in [0.2, 0.25) is 0 Å². The monoisotopic (exact) mass is 560 g/mol. The summed E-state index contributed by atoms with van der Waals surface area (Å²) in [5.41, 5.74) is 8.61. The second-order valence-corrected chi connectivity index (χ2v) is 12.2. The number of fused-ring (bicyclic) bond motifs is 2. The molecule has 0 amide bonds. The number of rotatable bonds is 9. The quantitative estimate of drug-likeness (QED) is 0.157. The lowest BCUT2D eigenvalue weighted by Crippen LogP contribution is -2.15. The highest BCUT2D eigenvalue weighted by atomic mass is 32.1. The van der Waals surface area contributed by atoms with Crippen LogP contribution >= 0.6 is 11.3 Å². The van der Waals surface area contributed by atoms with Gasteiger partial charge in [-0.3, -0.25) is 10.1 Å². The van der Waals surface area contributed by atoms with E-state index < -0.39 is 0 Å². The van der Waals surface area contributed by atoms with E-state index >= 15 is 0 Å². The maximum Gasteiger partial charge on any atom is 0.181 e. The van der Waals surface area contributed by atoms with E-state index in [1.54, 1.807) is 11.3 Å². The van der Waals surface area contributed by atoms with Crippen molar-refractivity contribution in [3.05, 3.63) is 95.9 Å². The first-order valence-electron chi connectivity index (χ1n) is 14.4. The molecule has 0 radical (unpaired) electrons. The number of nitrogens with one attached hydrogen (secondary N) is 3. The van der Waals surface area contributed by atoms with E-state index in [9.17, 15) is 0 Å². The molecule has 3 N–H and O–H groups in total. The molecule has 1 aliphatic carbocycles. The molecule has 5 heterocycles. The molecule has 0 bridgehead atoms. The van der Waals surface area contributed by atoms with Crippen molar-refractivity contribution in [2.45, 2.75) is 52.4 Å². The van der Waals surface area contributed by atoms with Crippen molar-refractivity contribution in [3.8, 4) is 22.0 Å². The molecular formula is C34H36N6S. The third-order valence-corrected chi connectivity index (χ3v) is 8.96. The van der Waals surface area contributed by atoms with Gasteiger partial charge in [0.25, 0.3) is 0 Å². The maximum atomic E-state index is 4.70. The van der Waals surface area contributed by atoms with Crippen molar-refractivity contribution in [1.29, 1.82) is 0 Å². The number of nitrogens with zero attached hydrogens (tertiary/aromatic N) is 3. The van der Waals surface area contributed by atoms with Gasteiger partial charge >= 0.3 is 0 Å². The second-order valence-electron chi connectivity index (χ2n) is 10.9. The van der Waals surface area contributed by atoms with Gasteiger partial charge in [-0.1, -0.05) is 51.3 Å². The van der Waals surface area contributed by atoms with E-state index in [0.29, 0.717) is 5.65 Å². The van der Waals surface area contributed by atoms with Gasteiger partial charge in [0, 0.05) is 50.5 Å². The lowest BCUT2D eigenvalue weighted by molar-refractivity contribution is 0.353. The number of thiophene rings is 1. The highest BCUT2D eigenvalue weighted by Crippen LogP contribution is 2.36. The van der Waals surface area contributed by atoms with Crippen LogP contribution in [0.25, 0.3) is 49.5 Å². The van der Waals surface area contributed by atoms with Gasteiger partial charge in [0.1, 0.15) is 0 Å². The lowest BCUT2D eigenvalue weighted by atomic mass is 9.86. The van der Waals surface area contributed by atoms with Crippen molar-refractivity contribution in [3.63, 3.8) is 0 Å². The van der Waals surface area contributed by atoms with Crippen molar-refractivity contribution in [2.24, 2.45) is 5.92 Å². The van der Waals surface area contributed by atoms with E-state index in [0.717, 1.165) is 73.1 Å². The highest BCUT2D eigenvalue weighted by molar-refractivity contribution is 7.15. The molecule has 0 spiro atoms. The maximum absolute atomic E-state index is 4.70. The van der Waals surface area contributed by atoms with E-state index in [1.807, 2.05) is 31.5 Å². The predicted octanol–water partition coefficient (Wildman–Crippen LogP) is 9.09. The number of aryl methyl sites for hydroxylation is 1. The summed E-state index contributed by atoms with van der Waals surface area (Å²) in [7, 11) is 0. The van der Waals surface area contributed by atoms with Crippen LogP contribution < -0.4 is 5.32 Å². The molecule has 1 aliphatic rings. The molecule has 0 unspecified atom stereocenters. The van der Waals surface area contributed by atoms with Gasteiger partial charge in [-0.15, -0.1) is 11.3 Å². The lowest BCUT2D eigenvalue weighted by Gasteiger charge is -2.23. The topological polar surface area (TPSA) is 82.3 Å². The number of allylic oxidation sites excluding steroid dienone is 5. The van der Waals surface area contributed by atoms with Gasteiger partial charge in [0.2, 0.25) is 0 Å². The van der Waals surface area contributed by atoms with E-state index in [-0.39, 0.29) is 0 Å². The summed E-state index contributed by atoms with van der Waals surface area (Å²) in [6.45, 7) is 12.5. The molecule has 208 valence electrons. The first kappa shape index (κ1) is 27.0. The van der Waals surface area contributed by atoms with Crippen LogP contribution in [0.1, 0.15) is 55.9 Å². The van der Waals surface area contributed by atoms with Crippen molar-refractivity contribution in [2.75, 3.05) is 0 Å². The molecule has 0 atom stereocenters. The molecular weight excluding hydrogens is 524 g/mol. The second kappa shape index (κ2) is 11.7. The number of aromatic nitrogens is 5. The smallest absolute Gasteiger partial charge is 0.181 e. The van der Waals surface area contributed by atoms with E-state index in [4.69, 9.17) is 4.98 Å². The first-order valence-corrected chi connectivity index (χ1v) is 15.2. The summed E-state index contributed by atoms with van der Waals surface area (Å²) >= 11 is 1.76. The Morgan fingerprint density at radius 2 is 1.98 bits per heavy atom. The molecule has 1 fully saturated rings. The van der Waals surface area contributed by atoms with Crippen molar-refractivity contribution < 1.29 is 0 Å². The minimum Gasteiger partial charge on any atom is -0.359 e. The van der Waals surface area contributed by atoms with Crippen LogP contribution in [0.4, 0.5) is 0 Å². The SMILES string of the molecule is C=C/C(=C\C(=C/C)c1cnc2n[nH]c(-c3cc4c(-c5ccc(C)s5)nccc4[nH]3)c2c1)NC(=C)CC1CCCCC1. The molecule has 0 aromatic carbocycles. The number of hydrogen-bond donors (Lipinski definition) is 3. The number of H-pyrrole nitrogens is 2. The zero-order valence-electron chi connectivity index (χ0n) is 23.8. The van der Waals surface area contributed by atoms with Crippen LogP contribution in [0, 0.1) is 12.8 Å². The van der Waals surface area contributed by atoms with Gasteiger partial charge in [-0.25, -0.2) is 4.98 Å². The van der Waals surface area contributed by atoms with Gasteiger partial charge in [0.05, 0.1) is 22.0 Å². The number of aromatic amines is 2. The zero-order valence-corrected chi connectivity index (χ0v) is 24.6. The van der Waals surface area contributed by atoms with E-state index in [2.05, 4.69) is 82.0 Å². The predicted molar refractivity (Wildman–Crippen MR) is 172 cm³/mol. The van der Waals surface area contributed by atoms with Crippen LogP contribution in [0.5, 0.6) is 0 Å². The average Bonchev–Trinajstić information content (AvgIpc) is 3.73. The fourth-order valence-corrected chi connectivity index (χ4v) is 6.73. The van der Waals surface area contributed by atoms with Crippen molar-refractivity contribution >= 4 is 38.8 Å². The molecule has 6 nitrogen and oxygen atoms in total. The molecule has 41 heavy (non-hydrogen) atoms. The Hall–Kier alpha value is -4.23. The molecule has 5 aromatic heterocycles. The third-order valence-electron chi connectivity index (χ3n) is 7.96. The molecule has 0 saturated heterocycles. The summed E-state index contributed by atoms with van der Waals surface area (Å²) in [6.07, 6.45) is 17.5. The van der Waals surface area contributed by atoms with Crippen molar-refractivity contribution in [1.82, 2.24) is 30.5 Å². The summed E-state index contributed by atoms with van der Waals surface area (Å²) in [4.78, 5) is 15.4. The number of hydrogen-bond acceptors (Lipinski definition) is 5. The van der Waals surface area contributed by atoms with E-state index in [1.165, 1.54) is 37.0 Å². The summed E-state index contributed by atoms with van der Waals surface area (Å²) in [6, 6.07) is 10.6. The largest absolute Gasteiger partial charge is 0.359 e. The normalized spacial score (nSPS) is 15.1. The van der Waals surface area contributed by atoms with Gasteiger partial charge in [-0.05, 0) is 74.2 Å². The Bertz CT molecular complexity index is 1790. The summed E-state index contributed by atoms with van der Waals surface area (Å²) < 4.78 is 0. The fraction of sp³-hybridized carbons (Fsp3) is 0.265. The molecule has 1 saturated carbocycles. The Labute approximate surface area is 245 Å². The summed E-state index contributed by atoms with van der Waals surface area (Å²) in [5, 5.41) is 13.3. The third kappa shape index (κ3) is 5.68. The first-order chi connectivity index (χ1) is 20.0. The average molecular weight is 561 g/mol. The van der Waals surface area contributed by atoms with Crippen LogP contribution in [-0.4, -0.2) is 25.1 Å². The molecule has 0 aliphatic heterocycles. The van der Waals surface area contributed by atoms with Crippen LogP contribution in [-0.2, 0) is 0 Å². The Morgan fingerprint density at radius 1 is 1.12 bits per heavy atom. The Balaban J connectivity index is 1.29. The number of pyridine rings is 2. The Kier molecular flexibility index (Phi) is 7.70. The highest BCUT2D eigenvalue weighted by Gasteiger charge is 2.17. The minimum absolute atomic E-state index is 0.678. The van der Waals surface area contributed by atoms with Crippen LogP contribution in [0.3, 0.4) is 0 Å². The molecule has 7 heteroatoms. The molecule has 6 rings (SSSR count). The van der Waals surface area contributed by atoms with Gasteiger partial charge < -0.3 is 10.3 Å². The van der Waals surface area contributed by atoms with Crippen LogP contribution in [0.15, 0.2) is 85.5 Å². The Morgan fingerprint density at radius 3 is 2.73 bits per heavy atom. The van der Waals surface area contributed by atoms with Gasteiger partial charge in [0.15, 0.2) is 5.65 Å².